The predicted molar refractivity (Wildman–Crippen MR) is 74.3 cm³/mol. The second-order valence-electron chi connectivity index (χ2n) is 5.57. The number of hydrogen-bond donors (Lipinski definition) is 1. The third-order valence-corrected chi connectivity index (χ3v) is 4.11. The fraction of sp³-hybridized carbons (Fsp3) is 0.357. The lowest BCUT2D eigenvalue weighted by atomic mass is 9.87. The highest BCUT2D eigenvalue weighted by Gasteiger charge is 2.36. The van der Waals surface area contributed by atoms with Crippen molar-refractivity contribution in [2.75, 3.05) is 5.73 Å². The molecule has 1 heterocycles. The summed E-state index contributed by atoms with van der Waals surface area (Å²) in [5.74, 6) is 0.0719. The molecule has 100 valence electrons. The Bertz CT molecular complexity index is 641. The molecule has 0 saturated heterocycles. The van der Waals surface area contributed by atoms with E-state index in [4.69, 9.17) is 17.3 Å². The number of nitrogens with zero attached hydrogens (tertiary/aromatic N) is 2. The number of aromatic nitrogens is 2. The van der Waals surface area contributed by atoms with E-state index in [-0.39, 0.29) is 11.1 Å². The van der Waals surface area contributed by atoms with Gasteiger partial charge in [-0.1, -0.05) is 31.5 Å². The summed E-state index contributed by atoms with van der Waals surface area (Å²) >= 11 is 6.07. The minimum absolute atomic E-state index is 0.0185. The van der Waals surface area contributed by atoms with Gasteiger partial charge in [0.25, 0.3) is 0 Å². The predicted octanol–water partition coefficient (Wildman–Crippen LogP) is 3.47. The number of halogens is 2. The topological polar surface area (TPSA) is 43.8 Å². The molecule has 0 atom stereocenters. The van der Waals surface area contributed by atoms with Gasteiger partial charge < -0.3 is 5.73 Å². The van der Waals surface area contributed by atoms with Crippen LogP contribution in [0.2, 0.25) is 5.02 Å². The van der Waals surface area contributed by atoms with Gasteiger partial charge in [-0.2, -0.15) is 5.10 Å². The van der Waals surface area contributed by atoms with E-state index in [2.05, 4.69) is 18.9 Å². The molecular weight excluding hydrogens is 265 g/mol. The van der Waals surface area contributed by atoms with Gasteiger partial charge in [0.15, 0.2) is 0 Å². The number of benzene rings is 1. The SMILES string of the molecule is CC1(C)CCc2nn(-c3c(F)cccc3Cl)c(N)c21. The monoisotopic (exact) mass is 279 g/mol. The maximum atomic E-state index is 14.0. The van der Waals surface area contributed by atoms with Crippen LogP contribution in [0.15, 0.2) is 18.2 Å². The Hall–Kier alpha value is -1.55. The number of rotatable bonds is 1. The second kappa shape index (κ2) is 3.97. The van der Waals surface area contributed by atoms with Gasteiger partial charge in [-0.15, -0.1) is 0 Å². The van der Waals surface area contributed by atoms with Gasteiger partial charge >= 0.3 is 0 Å². The second-order valence-corrected chi connectivity index (χ2v) is 5.98. The van der Waals surface area contributed by atoms with Gasteiger partial charge in [0.2, 0.25) is 0 Å². The molecule has 0 fully saturated rings. The zero-order chi connectivity index (χ0) is 13.8. The maximum absolute atomic E-state index is 14.0. The summed E-state index contributed by atoms with van der Waals surface area (Å²) in [6, 6.07) is 4.56. The number of fused-ring (bicyclic) bond motifs is 1. The van der Waals surface area contributed by atoms with Crippen LogP contribution in [-0.4, -0.2) is 9.78 Å². The Balaban J connectivity index is 2.25. The molecule has 5 heteroatoms. The van der Waals surface area contributed by atoms with Crippen molar-refractivity contribution in [2.24, 2.45) is 0 Å². The zero-order valence-corrected chi connectivity index (χ0v) is 11.6. The molecule has 0 saturated carbocycles. The van der Waals surface area contributed by atoms with E-state index in [0.29, 0.717) is 10.8 Å². The molecule has 1 aliphatic rings. The van der Waals surface area contributed by atoms with Crippen molar-refractivity contribution in [1.29, 1.82) is 0 Å². The first-order valence-corrected chi connectivity index (χ1v) is 6.62. The molecule has 1 aliphatic carbocycles. The van der Waals surface area contributed by atoms with Crippen LogP contribution >= 0.6 is 11.6 Å². The fourth-order valence-electron chi connectivity index (χ4n) is 2.81. The standard InChI is InChI=1S/C14H15ClFN3/c1-14(2)7-6-10-11(14)13(17)19(18-10)12-8(15)4-3-5-9(12)16/h3-5H,6-7,17H2,1-2H3. The van der Waals surface area contributed by atoms with Gasteiger partial charge in [-0.3, -0.25) is 0 Å². The lowest BCUT2D eigenvalue weighted by Gasteiger charge is -2.19. The van der Waals surface area contributed by atoms with Crippen LogP contribution in [0.1, 0.15) is 31.5 Å². The first-order chi connectivity index (χ1) is 8.92. The molecule has 19 heavy (non-hydrogen) atoms. The van der Waals surface area contributed by atoms with Crippen LogP contribution in [0.25, 0.3) is 5.69 Å². The van der Waals surface area contributed by atoms with Crippen molar-refractivity contribution in [1.82, 2.24) is 9.78 Å². The van der Waals surface area contributed by atoms with E-state index < -0.39 is 5.82 Å². The van der Waals surface area contributed by atoms with Crippen LogP contribution in [0.5, 0.6) is 0 Å². The quantitative estimate of drug-likeness (QED) is 0.869. The highest BCUT2D eigenvalue weighted by atomic mass is 35.5. The van der Waals surface area contributed by atoms with Crippen molar-refractivity contribution in [3.05, 3.63) is 40.3 Å². The van der Waals surface area contributed by atoms with E-state index in [9.17, 15) is 4.39 Å². The third-order valence-electron chi connectivity index (χ3n) is 3.81. The minimum atomic E-state index is -0.418. The molecular formula is C14H15ClFN3. The van der Waals surface area contributed by atoms with Crippen molar-refractivity contribution >= 4 is 17.4 Å². The Morgan fingerprint density at radius 2 is 2.16 bits per heavy atom. The summed E-state index contributed by atoms with van der Waals surface area (Å²) < 4.78 is 15.4. The number of para-hydroxylation sites is 1. The van der Waals surface area contributed by atoms with Crippen molar-refractivity contribution in [3.63, 3.8) is 0 Å². The van der Waals surface area contributed by atoms with Crippen LogP contribution in [0.3, 0.4) is 0 Å². The van der Waals surface area contributed by atoms with Gasteiger partial charge in [-0.25, -0.2) is 9.07 Å². The number of nitrogen functional groups attached to an aromatic ring is 1. The minimum Gasteiger partial charge on any atom is -0.383 e. The van der Waals surface area contributed by atoms with Crippen molar-refractivity contribution in [2.45, 2.75) is 32.1 Å². The van der Waals surface area contributed by atoms with Crippen LogP contribution in [0, 0.1) is 5.82 Å². The molecule has 2 N–H and O–H groups in total. The van der Waals surface area contributed by atoms with Gasteiger partial charge in [0.05, 0.1) is 10.7 Å². The van der Waals surface area contributed by atoms with E-state index >= 15 is 0 Å². The van der Waals surface area contributed by atoms with E-state index in [1.165, 1.54) is 10.7 Å². The summed E-state index contributed by atoms with van der Waals surface area (Å²) in [6.45, 7) is 4.26. The molecule has 0 spiro atoms. The smallest absolute Gasteiger partial charge is 0.150 e. The number of aryl methyl sites for hydroxylation is 1. The Morgan fingerprint density at radius 1 is 1.42 bits per heavy atom. The average Bonchev–Trinajstić information content (AvgIpc) is 2.79. The number of anilines is 1. The molecule has 1 aromatic carbocycles. The lowest BCUT2D eigenvalue weighted by Crippen LogP contribution is -2.15. The normalized spacial score (nSPS) is 16.6. The molecule has 0 bridgehead atoms. The average molecular weight is 280 g/mol. The van der Waals surface area contributed by atoms with Gasteiger partial charge in [-0.05, 0) is 30.4 Å². The first-order valence-electron chi connectivity index (χ1n) is 6.24. The molecule has 0 aliphatic heterocycles. The van der Waals surface area contributed by atoms with E-state index in [0.717, 1.165) is 24.1 Å². The van der Waals surface area contributed by atoms with Gasteiger partial charge in [0.1, 0.15) is 17.3 Å². The summed E-state index contributed by atoms with van der Waals surface area (Å²) in [5, 5.41) is 4.76. The maximum Gasteiger partial charge on any atom is 0.150 e. The van der Waals surface area contributed by atoms with Crippen molar-refractivity contribution in [3.8, 4) is 5.69 Å². The first kappa shape index (κ1) is 12.5. The Kier molecular flexibility index (Phi) is 2.61. The molecule has 3 rings (SSSR count). The van der Waals surface area contributed by atoms with Crippen LogP contribution in [-0.2, 0) is 11.8 Å². The third kappa shape index (κ3) is 1.74. The molecule has 3 nitrogen and oxygen atoms in total. The van der Waals surface area contributed by atoms with Crippen LogP contribution < -0.4 is 5.73 Å². The van der Waals surface area contributed by atoms with E-state index in [1.54, 1.807) is 12.1 Å². The lowest BCUT2D eigenvalue weighted by molar-refractivity contribution is 0.518. The number of nitrogens with two attached hydrogens (primary N) is 1. The highest BCUT2D eigenvalue weighted by Crippen LogP contribution is 2.42. The number of hydrogen-bond acceptors (Lipinski definition) is 2. The summed E-state index contributed by atoms with van der Waals surface area (Å²) in [7, 11) is 0. The largest absolute Gasteiger partial charge is 0.383 e. The van der Waals surface area contributed by atoms with Gasteiger partial charge in [0, 0.05) is 5.56 Å². The zero-order valence-electron chi connectivity index (χ0n) is 10.9. The molecule has 0 amide bonds. The highest BCUT2D eigenvalue weighted by molar-refractivity contribution is 6.32. The summed E-state index contributed by atoms with van der Waals surface area (Å²) in [6.07, 6.45) is 1.88. The van der Waals surface area contributed by atoms with E-state index in [1.807, 2.05) is 0 Å². The summed E-state index contributed by atoms with van der Waals surface area (Å²) in [4.78, 5) is 0. The Labute approximate surface area is 116 Å². The summed E-state index contributed by atoms with van der Waals surface area (Å²) in [5.41, 5.74) is 8.35. The van der Waals surface area contributed by atoms with Crippen molar-refractivity contribution < 1.29 is 4.39 Å². The van der Waals surface area contributed by atoms with Crippen LogP contribution in [0.4, 0.5) is 10.2 Å². The molecule has 2 aromatic rings. The molecule has 0 unspecified atom stereocenters. The fourth-order valence-corrected chi connectivity index (χ4v) is 3.05. The molecule has 1 aromatic heterocycles. The Morgan fingerprint density at radius 3 is 2.79 bits per heavy atom. The molecule has 0 radical (unpaired) electrons.